The van der Waals surface area contributed by atoms with Gasteiger partial charge in [-0.15, -0.1) is 22.7 Å². The second-order valence-corrected chi connectivity index (χ2v) is 21.9. The molecule has 0 radical (unpaired) electrons. The van der Waals surface area contributed by atoms with Gasteiger partial charge in [-0.05, 0) is 110 Å². The second kappa shape index (κ2) is 19.1. The molecule has 2 unspecified atom stereocenters. The van der Waals surface area contributed by atoms with Gasteiger partial charge >= 0.3 is 11.8 Å². The third kappa shape index (κ3) is 11.1. The predicted molar refractivity (Wildman–Crippen MR) is 244 cm³/mol. The van der Waals surface area contributed by atoms with Crippen LogP contribution in [0.2, 0.25) is 20.1 Å². The molecule has 2 heterocycles. The summed E-state index contributed by atoms with van der Waals surface area (Å²) in [5, 5.41) is 18.1. The monoisotopic (exact) mass is 974 g/mol. The summed E-state index contributed by atoms with van der Waals surface area (Å²) in [5.74, 6) is -5.68. The molecule has 1 N–H and O–H groups in total. The average Bonchev–Trinajstić information content (AvgIpc) is 3.90. The van der Waals surface area contributed by atoms with E-state index in [2.05, 4.69) is 0 Å². The lowest BCUT2D eigenvalue weighted by Crippen LogP contribution is -2.48. The number of nitrogens with zero attached hydrogens (tertiary/aromatic N) is 2. The molecule has 0 aliphatic rings. The van der Waals surface area contributed by atoms with Crippen LogP contribution in [0.4, 0.5) is 0 Å². The van der Waals surface area contributed by atoms with E-state index in [4.69, 9.17) is 51.2 Å². The maximum absolute atomic E-state index is 14.6. The Bertz CT molecular complexity index is 2960. The number of fused-ring (bicyclic) bond motifs is 2. The van der Waals surface area contributed by atoms with Gasteiger partial charge in [0.05, 0.1) is 55.2 Å². The van der Waals surface area contributed by atoms with Crippen LogP contribution in [0.15, 0.2) is 126 Å². The number of hydroxylamine groups is 4. The van der Waals surface area contributed by atoms with Gasteiger partial charge in [0.2, 0.25) is 0 Å². The summed E-state index contributed by atoms with van der Waals surface area (Å²) in [4.78, 5) is 35.1. The molecule has 316 valence electrons. The van der Waals surface area contributed by atoms with Crippen molar-refractivity contribution in [3.63, 3.8) is 0 Å². The number of halogens is 4. The summed E-state index contributed by atoms with van der Waals surface area (Å²) >= 11 is 28.2. The third-order valence-electron chi connectivity index (χ3n) is 9.67. The van der Waals surface area contributed by atoms with E-state index in [1.54, 1.807) is 60.7 Å². The zero-order valence-corrected chi connectivity index (χ0v) is 37.9. The Labute approximate surface area is 380 Å². The van der Waals surface area contributed by atoms with Crippen LogP contribution in [-0.2, 0) is 52.2 Å². The van der Waals surface area contributed by atoms with Gasteiger partial charge in [-0.2, -0.15) is 0 Å². The zero-order chi connectivity index (χ0) is 43.5. The van der Waals surface area contributed by atoms with Gasteiger partial charge in [-0.3, -0.25) is 19.6 Å². The Morgan fingerprint density at radius 1 is 0.574 bits per heavy atom. The number of thiophene rings is 2. The predicted octanol–water partition coefficient (Wildman–Crippen LogP) is 10.9. The molecule has 0 saturated carbocycles. The molecule has 0 spiro atoms. The maximum Gasteiger partial charge on any atom is 0.338 e. The molecule has 10 nitrogen and oxygen atoms in total. The molecule has 2 amide bonds. The van der Waals surface area contributed by atoms with Crippen LogP contribution in [0.25, 0.3) is 20.2 Å². The number of hydrogen-bond donors (Lipinski definition) is 1. The summed E-state index contributed by atoms with van der Waals surface area (Å²) in [5.41, 5.74) is 1.68. The fourth-order valence-electron chi connectivity index (χ4n) is 6.71. The van der Waals surface area contributed by atoms with Gasteiger partial charge < -0.3 is 0 Å². The van der Waals surface area contributed by atoms with E-state index in [9.17, 15) is 31.6 Å². The Morgan fingerprint density at radius 3 is 1.57 bits per heavy atom. The Balaban J connectivity index is 1.25. The average molecular weight is 977 g/mol. The maximum atomic E-state index is 14.6. The lowest BCUT2D eigenvalue weighted by atomic mass is 10.1. The first kappa shape index (κ1) is 45.0. The van der Waals surface area contributed by atoms with Crippen LogP contribution < -0.4 is 0 Å². The highest BCUT2D eigenvalue weighted by atomic mass is 35.5. The van der Waals surface area contributed by atoms with Crippen molar-refractivity contribution in [3.05, 3.63) is 174 Å². The van der Waals surface area contributed by atoms with Gasteiger partial charge in [0.1, 0.15) is 6.61 Å². The molecule has 7 rings (SSSR count). The molecular formula is C43H34Cl4N2O8S4. The molecule has 5 aromatic carbocycles. The van der Waals surface area contributed by atoms with Crippen molar-refractivity contribution >= 4 is 121 Å². The highest BCUT2D eigenvalue weighted by molar-refractivity contribution is 7.90. The first-order valence-corrected chi connectivity index (χ1v) is 25.2. The topological polar surface area (TPSA) is 138 Å². The third-order valence-corrected chi connectivity index (χ3v) is 16.1. The molecule has 18 heteroatoms. The molecule has 0 bridgehead atoms. The van der Waals surface area contributed by atoms with Crippen molar-refractivity contribution in [3.8, 4) is 0 Å². The fourth-order valence-corrected chi connectivity index (χ4v) is 12.1. The Hall–Kier alpha value is -4.06. The number of carbonyl (C=O) groups excluding carboxylic acids is 2. The molecular weight excluding hydrogens is 943 g/mol. The second-order valence-electron chi connectivity index (χ2n) is 14.1. The van der Waals surface area contributed by atoms with Crippen LogP contribution in [0, 0.1) is 0 Å². The van der Waals surface area contributed by atoms with Crippen LogP contribution in [0.3, 0.4) is 0 Å². The van der Waals surface area contributed by atoms with E-state index in [1.807, 2.05) is 29.0 Å². The summed E-state index contributed by atoms with van der Waals surface area (Å²) in [6.45, 7) is -0.322. The van der Waals surface area contributed by atoms with E-state index in [-0.39, 0.29) is 42.9 Å². The van der Waals surface area contributed by atoms with Crippen molar-refractivity contribution < 1.29 is 36.5 Å². The molecule has 2 atom stereocenters. The number of benzene rings is 5. The first-order valence-electron chi connectivity index (χ1n) is 18.3. The van der Waals surface area contributed by atoms with E-state index >= 15 is 0 Å². The first-order chi connectivity index (χ1) is 29.1. The Kier molecular flexibility index (Phi) is 14.1. The minimum atomic E-state index is -4.15. The van der Waals surface area contributed by atoms with Gasteiger partial charge in [0.15, 0.2) is 19.7 Å². The van der Waals surface area contributed by atoms with Crippen LogP contribution in [-0.4, -0.2) is 55.5 Å². The number of amides is 2. The highest BCUT2D eigenvalue weighted by Gasteiger charge is 2.40. The number of sulfone groups is 2. The number of carbonyl (C=O) groups is 2. The fraction of sp³-hybridized carbons (Fsp3) is 0.163. The summed E-state index contributed by atoms with van der Waals surface area (Å²) in [7, 11) is -8.28. The standard InChI is InChI=1S/C43H34Cl4N2O8S4/c44-34-10-8-30(20-36(34)46)38(25-60(53,54)23-28-6-12-40-32(18-28)14-16-58-40)48(52)42(50)43(51)49(57-22-27-4-2-1-3-5-27)39(31-9-11-35(45)37(47)21-31)26-61(55,56)24-29-7-13-41-33(19-29)15-17-59-41/h1-21,38-39,52H,22-26H2. The minimum absolute atomic E-state index is 0.00310. The van der Waals surface area contributed by atoms with E-state index in [0.29, 0.717) is 21.8 Å². The largest absolute Gasteiger partial charge is 0.338 e. The van der Waals surface area contributed by atoms with Crippen molar-refractivity contribution in [2.75, 3.05) is 11.5 Å². The van der Waals surface area contributed by atoms with Crippen LogP contribution in [0.5, 0.6) is 0 Å². The number of hydrogen-bond acceptors (Lipinski definition) is 10. The van der Waals surface area contributed by atoms with E-state index in [1.165, 1.54) is 59.1 Å². The minimum Gasteiger partial charge on any atom is -0.285 e. The SMILES string of the molecule is O=C(C(=O)N(OCc1ccccc1)C(CS(=O)(=O)Cc1ccc2sccc2c1)c1ccc(Cl)c(Cl)c1)N(O)C(CS(=O)(=O)Cc1ccc2sccc2c1)c1ccc(Cl)c(Cl)c1. The quantitative estimate of drug-likeness (QED) is 0.0609. The van der Waals surface area contributed by atoms with Crippen LogP contribution >= 0.6 is 69.1 Å². The van der Waals surface area contributed by atoms with Crippen molar-refractivity contribution in [2.45, 2.75) is 30.2 Å². The molecule has 0 saturated heterocycles. The van der Waals surface area contributed by atoms with E-state index < -0.39 is 66.6 Å². The summed E-state index contributed by atoms with van der Waals surface area (Å²) in [6.07, 6.45) is 0. The van der Waals surface area contributed by atoms with Gasteiger partial charge in [-0.25, -0.2) is 27.0 Å². The molecule has 2 aromatic heterocycles. The van der Waals surface area contributed by atoms with Crippen molar-refractivity contribution in [1.82, 2.24) is 10.1 Å². The molecule has 0 aliphatic carbocycles. The summed E-state index contributed by atoms with van der Waals surface area (Å²) in [6, 6.07) is 27.8. The summed E-state index contributed by atoms with van der Waals surface area (Å²) < 4.78 is 58.0. The van der Waals surface area contributed by atoms with E-state index in [0.717, 1.165) is 20.2 Å². The Morgan fingerprint density at radius 2 is 1.07 bits per heavy atom. The van der Waals surface area contributed by atoms with Crippen LogP contribution in [0.1, 0.15) is 39.9 Å². The molecule has 7 aromatic rings. The normalized spacial score (nSPS) is 13.0. The molecule has 61 heavy (non-hydrogen) atoms. The lowest BCUT2D eigenvalue weighted by molar-refractivity contribution is -0.217. The highest BCUT2D eigenvalue weighted by Crippen LogP contribution is 2.34. The molecule has 0 aliphatic heterocycles. The number of rotatable bonds is 15. The lowest BCUT2D eigenvalue weighted by Gasteiger charge is -2.33. The smallest absolute Gasteiger partial charge is 0.285 e. The van der Waals surface area contributed by atoms with Gasteiger partial charge in [-0.1, -0.05) is 101 Å². The van der Waals surface area contributed by atoms with Crippen molar-refractivity contribution in [2.24, 2.45) is 0 Å². The zero-order valence-electron chi connectivity index (χ0n) is 31.7. The van der Waals surface area contributed by atoms with Gasteiger partial charge in [0, 0.05) is 9.40 Å². The molecule has 0 fully saturated rings. The van der Waals surface area contributed by atoms with Crippen molar-refractivity contribution in [1.29, 1.82) is 0 Å². The van der Waals surface area contributed by atoms with Gasteiger partial charge in [0.25, 0.3) is 0 Å².